The Balaban J connectivity index is 1.93. The SMILES string of the molecule is COc1cccc(/C=C/c2c(Cl)cc(Cl)c(=O)n2CCc2ccc(C)cc2)c1. The van der Waals surface area contributed by atoms with Crippen molar-refractivity contribution < 1.29 is 4.74 Å². The third-order valence-corrected chi connectivity index (χ3v) is 5.08. The molecule has 1 heterocycles. The van der Waals surface area contributed by atoms with E-state index in [4.69, 9.17) is 27.9 Å². The smallest absolute Gasteiger partial charge is 0.269 e. The van der Waals surface area contributed by atoms with E-state index < -0.39 is 0 Å². The van der Waals surface area contributed by atoms with Gasteiger partial charge in [-0.25, -0.2) is 0 Å². The minimum atomic E-state index is -0.247. The second-order valence-electron chi connectivity index (χ2n) is 6.53. The van der Waals surface area contributed by atoms with Crippen LogP contribution in [0.5, 0.6) is 5.75 Å². The van der Waals surface area contributed by atoms with Gasteiger partial charge in [-0.05, 0) is 48.7 Å². The van der Waals surface area contributed by atoms with Crippen molar-refractivity contribution in [2.24, 2.45) is 0 Å². The highest BCUT2D eigenvalue weighted by Gasteiger charge is 2.11. The van der Waals surface area contributed by atoms with Crippen LogP contribution >= 0.6 is 23.2 Å². The molecule has 0 spiro atoms. The fraction of sp³-hybridized carbons (Fsp3) is 0.174. The van der Waals surface area contributed by atoms with E-state index in [0.29, 0.717) is 23.7 Å². The lowest BCUT2D eigenvalue weighted by molar-refractivity contribution is 0.414. The zero-order valence-electron chi connectivity index (χ0n) is 15.8. The Bertz CT molecular complexity index is 1050. The summed E-state index contributed by atoms with van der Waals surface area (Å²) in [4.78, 5) is 12.6. The molecule has 0 saturated carbocycles. The topological polar surface area (TPSA) is 31.2 Å². The van der Waals surface area contributed by atoms with E-state index >= 15 is 0 Å². The molecular weight excluding hydrogens is 393 g/mol. The summed E-state index contributed by atoms with van der Waals surface area (Å²) in [6.07, 6.45) is 4.44. The fourth-order valence-corrected chi connectivity index (χ4v) is 3.46. The maximum Gasteiger partial charge on any atom is 0.269 e. The lowest BCUT2D eigenvalue weighted by Gasteiger charge is -2.13. The van der Waals surface area contributed by atoms with E-state index in [2.05, 4.69) is 24.3 Å². The quantitative estimate of drug-likeness (QED) is 0.504. The molecule has 0 saturated heterocycles. The van der Waals surface area contributed by atoms with Crippen LogP contribution in [0.4, 0.5) is 0 Å². The van der Waals surface area contributed by atoms with Gasteiger partial charge in [-0.3, -0.25) is 4.79 Å². The second kappa shape index (κ2) is 9.13. The number of pyridine rings is 1. The van der Waals surface area contributed by atoms with Gasteiger partial charge < -0.3 is 9.30 Å². The molecule has 2 aromatic carbocycles. The van der Waals surface area contributed by atoms with Gasteiger partial charge in [0.05, 0.1) is 17.8 Å². The van der Waals surface area contributed by atoms with Gasteiger partial charge in [0.15, 0.2) is 0 Å². The maximum absolute atomic E-state index is 12.6. The van der Waals surface area contributed by atoms with Crippen LogP contribution in [0.25, 0.3) is 12.2 Å². The summed E-state index contributed by atoms with van der Waals surface area (Å²) < 4.78 is 6.88. The molecule has 1 aromatic heterocycles. The maximum atomic E-state index is 12.6. The molecule has 3 aromatic rings. The van der Waals surface area contributed by atoms with E-state index in [0.717, 1.165) is 16.9 Å². The van der Waals surface area contributed by atoms with Crippen molar-refractivity contribution in [1.82, 2.24) is 4.57 Å². The fourth-order valence-electron chi connectivity index (χ4n) is 2.92. The number of hydrogen-bond acceptors (Lipinski definition) is 2. The average molecular weight is 414 g/mol. The third-order valence-electron chi connectivity index (χ3n) is 4.51. The molecule has 0 bridgehead atoms. The first-order valence-electron chi connectivity index (χ1n) is 8.94. The van der Waals surface area contributed by atoms with Gasteiger partial charge in [0.25, 0.3) is 5.56 Å². The summed E-state index contributed by atoms with van der Waals surface area (Å²) in [5.74, 6) is 0.765. The van der Waals surface area contributed by atoms with Gasteiger partial charge in [-0.15, -0.1) is 0 Å². The number of aromatic nitrogens is 1. The van der Waals surface area contributed by atoms with E-state index in [1.54, 1.807) is 11.7 Å². The highest BCUT2D eigenvalue weighted by atomic mass is 35.5. The Morgan fingerprint density at radius 3 is 2.46 bits per heavy atom. The first-order chi connectivity index (χ1) is 13.5. The molecule has 144 valence electrons. The summed E-state index contributed by atoms with van der Waals surface area (Å²) >= 11 is 12.5. The summed E-state index contributed by atoms with van der Waals surface area (Å²) in [5, 5.41) is 0.556. The third kappa shape index (κ3) is 4.86. The molecule has 0 aliphatic heterocycles. The first-order valence-corrected chi connectivity index (χ1v) is 9.70. The number of hydrogen-bond donors (Lipinski definition) is 0. The molecule has 0 N–H and O–H groups in total. The molecule has 0 aliphatic carbocycles. The van der Waals surface area contributed by atoms with Crippen LogP contribution in [0.1, 0.15) is 22.4 Å². The Morgan fingerprint density at radius 1 is 1.00 bits per heavy atom. The van der Waals surface area contributed by atoms with Crippen LogP contribution in [0.15, 0.2) is 59.4 Å². The Labute approximate surface area is 174 Å². The lowest BCUT2D eigenvalue weighted by atomic mass is 10.1. The molecule has 28 heavy (non-hydrogen) atoms. The number of methoxy groups -OCH3 is 1. The largest absolute Gasteiger partial charge is 0.497 e. The van der Waals surface area contributed by atoms with Crippen LogP contribution in [-0.4, -0.2) is 11.7 Å². The molecule has 0 fully saturated rings. The highest BCUT2D eigenvalue weighted by molar-refractivity contribution is 6.35. The molecule has 0 aliphatic rings. The highest BCUT2D eigenvalue weighted by Crippen LogP contribution is 2.22. The van der Waals surface area contributed by atoms with Gasteiger partial charge in [-0.2, -0.15) is 0 Å². The van der Waals surface area contributed by atoms with E-state index in [9.17, 15) is 4.79 Å². The molecule has 0 amide bonds. The Hall–Kier alpha value is -2.49. The number of nitrogens with zero attached hydrogens (tertiary/aromatic N) is 1. The van der Waals surface area contributed by atoms with Gasteiger partial charge in [-0.1, -0.05) is 71.2 Å². The van der Waals surface area contributed by atoms with Crippen molar-refractivity contribution in [2.45, 2.75) is 19.9 Å². The minimum absolute atomic E-state index is 0.118. The Kier molecular flexibility index (Phi) is 6.61. The zero-order valence-corrected chi connectivity index (χ0v) is 17.3. The predicted molar refractivity (Wildman–Crippen MR) is 118 cm³/mol. The van der Waals surface area contributed by atoms with Crippen molar-refractivity contribution in [1.29, 1.82) is 0 Å². The van der Waals surface area contributed by atoms with E-state index in [1.807, 2.05) is 43.3 Å². The molecule has 3 nitrogen and oxygen atoms in total. The minimum Gasteiger partial charge on any atom is -0.497 e. The number of benzene rings is 2. The standard InChI is InChI=1S/C23H21Cl2NO2/c1-16-6-8-17(9-7-16)12-13-26-22(20(24)15-21(25)23(26)27)11-10-18-4-3-5-19(14-18)28-2/h3-11,14-15H,12-13H2,1-2H3/b11-10+. The van der Waals surface area contributed by atoms with Gasteiger partial charge in [0.2, 0.25) is 0 Å². The van der Waals surface area contributed by atoms with Crippen molar-refractivity contribution in [3.63, 3.8) is 0 Å². The van der Waals surface area contributed by atoms with Gasteiger partial charge in [0, 0.05) is 6.54 Å². The molecule has 0 radical (unpaired) electrons. The van der Waals surface area contributed by atoms with Crippen molar-refractivity contribution in [3.8, 4) is 5.75 Å². The number of aryl methyl sites for hydroxylation is 2. The van der Waals surface area contributed by atoms with Crippen LogP contribution in [0, 0.1) is 6.92 Å². The normalized spacial score (nSPS) is 11.1. The summed E-state index contributed by atoms with van der Waals surface area (Å²) in [5.41, 5.74) is 3.68. The molecule has 5 heteroatoms. The van der Waals surface area contributed by atoms with Crippen LogP contribution in [0.3, 0.4) is 0 Å². The molecule has 3 rings (SSSR count). The van der Waals surface area contributed by atoms with E-state index in [1.165, 1.54) is 11.6 Å². The van der Waals surface area contributed by atoms with Crippen LogP contribution < -0.4 is 10.3 Å². The van der Waals surface area contributed by atoms with Crippen LogP contribution in [-0.2, 0) is 13.0 Å². The van der Waals surface area contributed by atoms with Gasteiger partial charge in [0.1, 0.15) is 10.8 Å². The number of halogens is 2. The monoisotopic (exact) mass is 413 g/mol. The van der Waals surface area contributed by atoms with Crippen molar-refractivity contribution in [2.75, 3.05) is 7.11 Å². The lowest BCUT2D eigenvalue weighted by Crippen LogP contribution is -2.24. The van der Waals surface area contributed by atoms with Crippen LogP contribution in [0.2, 0.25) is 10.0 Å². The molecule has 0 atom stereocenters. The second-order valence-corrected chi connectivity index (χ2v) is 7.34. The van der Waals surface area contributed by atoms with E-state index in [-0.39, 0.29) is 10.6 Å². The average Bonchev–Trinajstić information content (AvgIpc) is 2.70. The predicted octanol–water partition coefficient (Wildman–Crippen LogP) is 5.89. The number of ether oxygens (including phenoxy) is 1. The Morgan fingerprint density at radius 2 is 1.75 bits per heavy atom. The van der Waals surface area contributed by atoms with Gasteiger partial charge >= 0.3 is 0 Å². The summed E-state index contributed by atoms with van der Waals surface area (Å²) in [6, 6.07) is 17.4. The first kappa shape index (κ1) is 20.2. The van der Waals surface area contributed by atoms with Crippen molar-refractivity contribution >= 4 is 35.4 Å². The molecular formula is C23H21Cl2NO2. The van der Waals surface area contributed by atoms with Crippen molar-refractivity contribution in [3.05, 3.63) is 97.4 Å². The summed E-state index contributed by atoms with van der Waals surface area (Å²) in [7, 11) is 1.63. The summed E-state index contributed by atoms with van der Waals surface area (Å²) in [6.45, 7) is 2.53. The molecule has 0 unspecified atom stereocenters. The number of rotatable bonds is 6. The zero-order chi connectivity index (χ0) is 20.1.